The Labute approximate surface area is 122 Å². The first-order valence-electron chi connectivity index (χ1n) is 6.60. The minimum atomic E-state index is -0.433. The summed E-state index contributed by atoms with van der Waals surface area (Å²) >= 11 is 0. The number of nitro groups is 1. The molecule has 21 heavy (non-hydrogen) atoms. The summed E-state index contributed by atoms with van der Waals surface area (Å²) in [5.74, 6) is 0.277. The summed E-state index contributed by atoms with van der Waals surface area (Å²) in [5.41, 5.74) is 1.99. The molecule has 1 heterocycles. The Morgan fingerprint density at radius 2 is 2.24 bits per heavy atom. The van der Waals surface area contributed by atoms with Crippen molar-refractivity contribution in [3.8, 4) is 5.75 Å². The van der Waals surface area contributed by atoms with E-state index in [2.05, 4.69) is 10.4 Å². The number of benzene rings is 1. The average Bonchev–Trinajstić information content (AvgIpc) is 2.88. The first-order valence-corrected chi connectivity index (χ1v) is 6.60. The van der Waals surface area contributed by atoms with Crippen LogP contribution in [0.3, 0.4) is 0 Å². The van der Waals surface area contributed by atoms with Gasteiger partial charge in [0.25, 0.3) is 0 Å². The van der Waals surface area contributed by atoms with E-state index >= 15 is 0 Å². The lowest BCUT2D eigenvalue weighted by atomic mass is 10.2. The van der Waals surface area contributed by atoms with Crippen molar-refractivity contribution >= 4 is 5.69 Å². The Hall–Kier alpha value is -2.41. The highest BCUT2D eigenvalue weighted by Gasteiger charge is 2.14. The number of aromatic nitrogens is 2. The van der Waals surface area contributed by atoms with Crippen LogP contribution in [0.4, 0.5) is 5.69 Å². The molecular weight excluding hydrogens is 272 g/mol. The zero-order valence-electron chi connectivity index (χ0n) is 12.1. The topological polar surface area (TPSA) is 82.2 Å². The molecule has 0 fully saturated rings. The van der Waals surface area contributed by atoms with E-state index < -0.39 is 4.92 Å². The molecule has 1 aromatic heterocycles. The van der Waals surface area contributed by atoms with Crippen molar-refractivity contribution in [2.75, 3.05) is 13.7 Å². The molecule has 0 unspecified atom stereocenters. The van der Waals surface area contributed by atoms with Crippen LogP contribution in [0, 0.1) is 10.1 Å². The molecule has 2 rings (SSSR count). The molecule has 0 bridgehead atoms. The molecule has 0 aliphatic heterocycles. The first kappa shape index (κ1) is 15.0. The van der Waals surface area contributed by atoms with Crippen LogP contribution in [0.5, 0.6) is 5.75 Å². The monoisotopic (exact) mass is 290 g/mol. The van der Waals surface area contributed by atoms with Crippen molar-refractivity contribution in [1.82, 2.24) is 15.1 Å². The highest BCUT2D eigenvalue weighted by Crippen LogP contribution is 2.27. The second-order valence-electron chi connectivity index (χ2n) is 4.64. The lowest BCUT2D eigenvalue weighted by Crippen LogP contribution is -2.18. The second-order valence-corrected chi connectivity index (χ2v) is 4.64. The number of methoxy groups -OCH3 is 1. The summed E-state index contributed by atoms with van der Waals surface area (Å²) in [4.78, 5) is 10.5. The highest BCUT2D eigenvalue weighted by atomic mass is 16.6. The summed E-state index contributed by atoms with van der Waals surface area (Å²) in [7, 11) is 3.33. The normalized spacial score (nSPS) is 10.6. The van der Waals surface area contributed by atoms with Crippen molar-refractivity contribution in [2.45, 2.75) is 13.0 Å². The Kier molecular flexibility index (Phi) is 4.89. The molecule has 2 aromatic rings. The molecule has 0 aliphatic carbocycles. The molecule has 0 amide bonds. The van der Waals surface area contributed by atoms with Crippen LogP contribution in [-0.2, 0) is 20.0 Å². The van der Waals surface area contributed by atoms with E-state index in [1.165, 1.54) is 13.2 Å². The summed E-state index contributed by atoms with van der Waals surface area (Å²) in [6.45, 7) is 1.35. The van der Waals surface area contributed by atoms with Crippen LogP contribution < -0.4 is 10.1 Å². The van der Waals surface area contributed by atoms with Gasteiger partial charge in [-0.3, -0.25) is 14.8 Å². The summed E-state index contributed by atoms with van der Waals surface area (Å²) < 4.78 is 6.81. The van der Waals surface area contributed by atoms with E-state index in [0.29, 0.717) is 6.54 Å². The fourth-order valence-corrected chi connectivity index (χ4v) is 2.08. The molecule has 112 valence electrons. The number of nitro benzene ring substituents is 1. The number of rotatable bonds is 7. The zero-order chi connectivity index (χ0) is 15.2. The third-order valence-electron chi connectivity index (χ3n) is 3.25. The van der Waals surface area contributed by atoms with Gasteiger partial charge in [0.1, 0.15) is 0 Å². The Balaban J connectivity index is 1.90. The molecule has 0 spiro atoms. The van der Waals surface area contributed by atoms with Crippen LogP contribution >= 0.6 is 0 Å². The summed E-state index contributed by atoms with van der Waals surface area (Å²) in [5, 5.41) is 18.3. The maximum atomic E-state index is 11.0. The molecule has 1 aromatic carbocycles. The van der Waals surface area contributed by atoms with Crippen molar-refractivity contribution in [3.63, 3.8) is 0 Å². The highest BCUT2D eigenvalue weighted by molar-refractivity contribution is 5.48. The summed E-state index contributed by atoms with van der Waals surface area (Å²) in [6.07, 6.45) is 2.62. The number of hydrogen-bond acceptors (Lipinski definition) is 5. The Bertz CT molecular complexity index is 624. The maximum absolute atomic E-state index is 11.0. The average molecular weight is 290 g/mol. The smallest absolute Gasteiger partial charge is 0.311 e. The van der Waals surface area contributed by atoms with Crippen LogP contribution in [0.25, 0.3) is 0 Å². The minimum absolute atomic E-state index is 0.0107. The van der Waals surface area contributed by atoms with Gasteiger partial charge in [0.15, 0.2) is 5.75 Å². The van der Waals surface area contributed by atoms with Crippen LogP contribution in [-0.4, -0.2) is 28.4 Å². The van der Waals surface area contributed by atoms with Gasteiger partial charge in [0.05, 0.1) is 12.0 Å². The molecule has 0 saturated heterocycles. The van der Waals surface area contributed by atoms with Gasteiger partial charge < -0.3 is 10.1 Å². The second kappa shape index (κ2) is 6.85. The fourth-order valence-electron chi connectivity index (χ4n) is 2.08. The van der Waals surface area contributed by atoms with Gasteiger partial charge in [-0.1, -0.05) is 6.07 Å². The van der Waals surface area contributed by atoms with E-state index in [0.717, 1.165) is 24.2 Å². The van der Waals surface area contributed by atoms with Gasteiger partial charge in [-0.15, -0.1) is 0 Å². The maximum Gasteiger partial charge on any atom is 0.311 e. The SMILES string of the molecule is COc1ccc(CNCCc2ccnn2C)cc1[N+](=O)[O-]. The molecule has 0 aliphatic rings. The number of nitrogens with zero attached hydrogens (tertiary/aromatic N) is 3. The number of nitrogens with one attached hydrogen (secondary N) is 1. The van der Waals surface area contributed by atoms with Gasteiger partial charge in [-0.25, -0.2) is 0 Å². The third kappa shape index (κ3) is 3.79. The van der Waals surface area contributed by atoms with Crippen LogP contribution in [0.2, 0.25) is 0 Å². The third-order valence-corrected chi connectivity index (χ3v) is 3.25. The van der Waals surface area contributed by atoms with E-state index in [-0.39, 0.29) is 11.4 Å². The lowest BCUT2D eigenvalue weighted by molar-refractivity contribution is -0.385. The predicted octanol–water partition coefficient (Wildman–Crippen LogP) is 1.67. The molecule has 0 saturated carbocycles. The summed E-state index contributed by atoms with van der Waals surface area (Å²) in [6, 6.07) is 6.95. The quantitative estimate of drug-likeness (QED) is 0.476. The number of ether oxygens (including phenoxy) is 1. The van der Waals surface area contributed by atoms with Gasteiger partial charge >= 0.3 is 5.69 Å². The van der Waals surface area contributed by atoms with E-state index in [1.54, 1.807) is 12.3 Å². The van der Waals surface area contributed by atoms with Crippen LogP contribution in [0.1, 0.15) is 11.3 Å². The molecular formula is C14H18N4O3. The predicted molar refractivity (Wildman–Crippen MR) is 78.3 cm³/mol. The Morgan fingerprint density at radius 3 is 2.86 bits per heavy atom. The van der Waals surface area contributed by atoms with Crippen molar-refractivity contribution < 1.29 is 9.66 Å². The minimum Gasteiger partial charge on any atom is -0.490 e. The first-order chi connectivity index (χ1) is 10.1. The Morgan fingerprint density at radius 1 is 1.43 bits per heavy atom. The molecule has 1 N–H and O–H groups in total. The van der Waals surface area contributed by atoms with Gasteiger partial charge in [-0.05, 0) is 17.7 Å². The standard InChI is InChI=1S/C14H18N4O3/c1-17-12(6-8-16-17)5-7-15-10-11-3-4-14(21-2)13(9-11)18(19)20/h3-4,6,8-9,15H,5,7,10H2,1-2H3. The zero-order valence-corrected chi connectivity index (χ0v) is 12.1. The lowest BCUT2D eigenvalue weighted by Gasteiger charge is -2.07. The largest absolute Gasteiger partial charge is 0.490 e. The van der Waals surface area contributed by atoms with E-state index in [9.17, 15) is 10.1 Å². The number of aryl methyl sites for hydroxylation is 1. The molecule has 0 radical (unpaired) electrons. The van der Waals surface area contributed by atoms with E-state index in [1.807, 2.05) is 23.9 Å². The van der Waals surface area contributed by atoms with Crippen molar-refractivity contribution in [3.05, 3.63) is 51.8 Å². The van der Waals surface area contributed by atoms with Crippen molar-refractivity contribution in [2.24, 2.45) is 7.05 Å². The molecule has 7 heteroatoms. The van der Waals surface area contributed by atoms with Crippen LogP contribution in [0.15, 0.2) is 30.5 Å². The molecule has 7 nitrogen and oxygen atoms in total. The van der Waals surface area contributed by atoms with Gasteiger partial charge in [0, 0.05) is 44.5 Å². The fraction of sp³-hybridized carbons (Fsp3) is 0.357. The van der Waals surface area contributed by atoms with Crippen molar-refractivity contribution in [1.29, 1.82) is 0 Å². The number of hydrogen-bond donors (Lipinski definition) is 1. The van der Waals surface area contributed by atoms with Gasteiger partial charge in [0.2, 0.25) is 0 Å². The molecule has 0 atom stereocenters. The van der Waals surface area contributed by atoms with E-state index in [4.69, 9.17) is 4.74 Å². The van der Waals surface area contributed by atoms with Gasteiger partial charge in [-0.2, -0.15) is 5.10 Å².